The molecule has 7 heteroatoms. The van der Waals surface area contributed by atoms with Gasteiger partial charge >= 0.3 is 0 Å². The van der Waals surface area contributed by atoms with E-state index in [1.807, 2.05) is 55.5 Å². The molecule has 1 aliphatic heterocycles. The average Bonchev–Trinajstić information content (AvgIpc) is 3.32. The number of nitrogens with zero attached hydrogens (tertiary/aromatic N) is 2. The molecule has 1 saturated heterocycles. The van der Waals surface area contributed by atoms with Crippen molar-refractivity contribution in [2.45, 2.75) is 25.8 Å². The van der Waals surface area contributed by atoms with Gasteiger partial charge in [-0.05, 0) is 63.2 Å². The molecule has 0 saturated carbocycles. The molecule has 0 amide bonds. The summed E-state index contributed by atoms with van der Waals surface area (Å²) in [6, 6.07) is 15.7. The van der Waals surface area contributed by atoms with Crippen LogP contribution >= 0.6 is 11.3 Å². The molecule has 3 N–H and O–H groups in total. The number of nitrogens with one attached hydrogen (secondary N) is 1. The first kappa shape index (κ1) is 20.4. The van der Waals surface area contributed by atoms with Crippen LogP contribution in [0.3, 0.4) is 0 Å². The van der Waals surface area contributed by atoms with Gasteiger partial charge in [0.05, 0.1) is 0 Å². The van der Waals surface area contributed by atoms with Gasteiger partial charge in [-0.15, -0.1) is 0 Å². The molecule has 0 aliphatic carbocycles. The maximum atomic E-state index is 12.8. The van der Waals surface area contributed by atoms with Crippen molar-refractivity contribution in [2.24, 2.45) is 0 Å². The van der Waals surface area contributed by atoms with Crippen LogP contribution in [0.25, 0.3) is 0 Å². The van der Waals surface area contributed by atoms with Crippen LogP contribution in [0.15, 0.2) is 48.5 Å². The number of ether oxygens (including phenoxy) is 1. The van der Waals surface area contributed by atoms with Crippen LogP contribution in [0.4, 0.5) is 16.6 Å². The van der Waals surface area contributed by atoms with Gasteiger partial charge in [0.15, 0.2) is 5.13 Å². The monoisotopic (exact) mass is 422 g/mol. The zero-order chi connectivity index (χ0) is 21.1. The van der Waals surface area contributed by atoms with E-state index in [2.05, 4.69) is 22.2 Å². The molecule has 1 aromatic heterocycles. The summed E-state index contributed by atoms with van der Waals surface area (Å²) in [7, 11) is 2.14. The van der Waals surface area contributed by atoms with Gasteiger partial charge in [-0.3, -0.25) is 4.79 Å². The second-order valence-electron chi connectivity index (χ2n) is 7.61. The lowest BCUT2D eigenvalue weighted by molar-refractivity contribution is 0.104. The number of carbonyl (C=O) groups is 1. The number of nitrogen functional groups attached to an aromatic ring is 1. The Labute approximate surface area is 180 Å². The predicted molar refractivity (Wildman–Crippen MR) is 122 cm³/mol. The Morgan fingerprint density at radius 1 is 1.27 bits per heavy atom. The van der Waals surface area contributed by atoms with Crippen molar-refractivity contribution < 1.29 is 9.53 Å². The van der Waals surface area contributed by atoms with Crippen molar-refractivity contribution in [3.8, 4) is 5.75 Å². The van der Waals surface area contributed by atoms with Crippen LogP contribution in [0.2, 0.25) is 0 Å². The third-order valence-corrected chi connectivity index (χ3v) is 6.45. The lowest BCUT2D eigenvalue weighted by Gasteiger charge is -2.19. The van der Waals surface area contributed by atoms with Gasteiger partial charge in [0.2, 0.25) is 5.78 Å². The summed E-state index contributed by atoms with van der Waals surface area (Å²) in [6.07, 6.45) is 2.42. The summed E-state index contributed by atoms with van der Waals surface area (Å²) < 4.78 is 5.93. The molecular formula is C23H26N4O2S. The highest BCUT2D eigenvalue weighted by atomic mass is 32.1. The Kier molecular flexibility index (Phi) is 6.01. The second kappa shape index (κ2) is 8.85. The standard InChI is InChI=1S/C23H26N4O2S/c1-15-6-3-4-8-19(15)20(28)21-22(24)26-23(30-21)25-16-9-11-18(12-10-16)29-14-17-7-5-13-27(17)2/h3-4,6,8-12,17H,5,7,13-14,24H2,1-2H3,(H,25,26)/t17-/m0/s1. The first-order chi connectivity index (χ1) is 14.5. The molecule has 156 valence electrons. The molecule has 3 aromatic rings. The van der Waals surface area contributed by atoms with Gasteiger partial charge in [0, 0.05) is 17.3 Å². The number of likely N-dealkylation sites (tertiary alicyclic amines) is 1. The molecule has 30 heavy (non-hydrogen) atoms. The number of benzene rings is 2. The van der Waals surface area contributed by atoms with Gasteiger partial charge in [0.25, 0.3) is 0 Å². The van der Waals surface area contributed by atoms with Crippen LogP contribution in [0.5, 0.6) is 5.75 Å². The molecule has 1 aliphatic rings. The molecular weight excluding hydrogens is 396 g/mol. The minimum atomic E-state index is -0.100. The van der Waals surface area contributed by atoms with Gasteiger partial charge in [-0.25, -0.2) is 4.98 Å². The number of anilines is 3. The predicted octanol–water partition coefficient (Wildman–Crippen LogP) is 4.48. The van der Waals surface area contributed by atoms with Crippen molar-refractivity contribution >= 4 is 33.8 Å². The fourth-order valence-corrected chi connectivity index (χ4v) is 4.50. The van der Waals surface area contributed by atoms with Crippen LogP contribution in [-0.4, -0.2) is 41.9 Å². The number of thiazole rings is 1. The molecule has 0 spiro atoms. The van der Waals surface area contributed by atoms with E-state index in [0.29, 0.717) is 28.2 Å². The van der Waals surface area contributed by atoms with E-state index >= 15 is 0 Å². The molecule has 2 aromatic carbocycles. The van der Waals surface area contributed by atoms with Gasteiger partial charge in [-0.1, -0.05) is 35.6 Å². The van der Waals surface area contributed by atoms with Gasteiger partial charge in [-0.2, -0.15) is 0 Å². The van der Waals surface area contributed by atoms with E-state index < -0.39 is 0 Å². The third kappa shape index (κ3) is 4.47. The normalized spacial score (nSPS) is 16.5. The van der Waals surface area contributed by atoms with Crippen molar-refractivity contribution in [1.29, 1.82) is 0 Å². The first-order valence-corrected chi connectivity index (χ1v) is 10.9. The Hall–Kier alpha value is -2.90. The zero-order valence-corrected chi connectivity index (χ0v) is 18.0. The van der Waals surface area contributed by atoms with Crippen LogP contribution < -0.4 is 15.8 Å². The van der Waals surface area contributed by atoms with Gasteiger partial charge in [0.1, 0.15) is 23.1 Å². The lowest BCUT2D eigenvalue weighted by atomic mass is 10.0. The SMILES string of the molecule is Cc1ccccc1C(=O)c1sc(Nc2ccc(OC[C@@H]3CCCN3C)cc2)nc1N. The summed E-state index contributed by atoms with van der Waals surface area (Å²) >= 11 is 1.26. The Morgan fingerprint density at radius 2 is 2.03 bits per heavy atom. The van der Waals surface area contributed by atoms with E-state index in [0.717, 1.165) is 23.5 Å². The first-order valence-electron chi connectivity index (χ1n) is 10.1. The molecule has 0 unspecified atom stereocenters. The van der Waals surface area contributed by atoms with E-state index in [-0.39, 0.29) is 11.6 Å². The summed E-state index contributed by atoms with van der Waals surface area (Å²) in [6.45, 7) is 3.76. The average molecular weight is 423 g/mol. The van der Waals surface area contributed by atoms with Crippen molar-refractivity contribution in [3.63, 3.8) is 0 Å². The van der Waals surface area contributed by atoms with Crippen LogP contribution in [0.1, 0.15) is 33.6 Å². The summed E-state index contributed by atoms with van der Waals surface area (Å²) in [4.78, 5) is 20.0. The smallest absolute Gasteiger partial charge is 0.207 e. The number of rotatable bonds is 7. The largest absolute Gasteiger partial charge is 0.492 e. The highest BCUT2D eigenvalue weighted by Gasteiger charge is 2.21. The Balaban J connectivity index is 1.40. The maximum absolute atomic E-state index is 12.8. The molecule has 2 heterocycles. The molecule has 0 radical (unpaired) electrons. The quantitative estimate of drug-likeness (QED) is 0.547. The third-order valence-electron chi connectivity index (χ3n) is 5.47. The number of hydrogen-bond acceptors (Lipinski definition) is 7. The fraction of sp³-hybridized carbons (Fsp3) is 0.304. The highest BCUT2D eigenvalue weighted by molar-refractivity contribution is 7.18. The highest BCUT2D eigenvalue weighted by Crippen LogP contribution is 2.31. The van der Waals surface area contributed by atoms with Crippen molar-refractivity contribution in [1.82, 2.24) is 9.88 Å². The number of likely N-dealkylation sites (N-methyl/N-ethyl adjacent to an activating group) is 1. The summed E-state index contributed by atoms with van der Waals surface area (Å²) in [5.41, 5.74) is 8.46. The number of hydrogen-bond donors (Lipinski definition) is 2. The number of aromatic nitrogens is 1. The van der Waals surface area contributed by atoms with Crippen LogP contribution in [-0.2, 0) is 0 Å². The summed E-state index contributed by atoms with van der Waals surface area (Å²) in [5, 5.41) is 3.82. The molecule has 4 rings (SSSR count). The Bertz CT molecular complexity index is 1030. The van der Waals surface area contributed by atoms with Crippen molar-refractivity contribution in [2.75, 3.05) is 31.2 Å². The van der Waals surface area contributed by atoms with E-state index in [9.17, 15) is 4.79 Å². The number of carbonyl (C=O) groups excluding carboxylic acids is 1. The summed E-state index contributed by atoms with van der Waals surface area (Å²) in [5.74, 6) is 0.989. The van der Waals surface area contributed by atoms with Gasteiger partial charge < -0.3 is 20.7 Å². The molecule has 6 nitrogen and oxygen atoms in total. The second-order valence-corrected chi connectivity index (χ2v) is 8.61. The van der Waals surface area contributed by atoms with E-state index in [1.54, 1.807) is 0 Å². The minimum Gasteiger partial charge on any atom is -0.492 e. The fourth-order valence-electron chi connectivity index (χ4n) is 3.64. The van der Waals surface area contributed by atoms with E-state index in [4.69, 9.17) is 10.5 Å². The molecule has 1 atom stereocenters. The van der Waals surface area contributed by atoms with E-state index in [1.165, 1.54) is 24.2 Å². The topological polar surface area (TPSA) is 80.5 Å². The molecule has 1 fully saturated rings. The number of nitrogens with two attached hydrogens (primary N) is 1. The maximum Gasteiger partial charge on any atom is 0.207 e. The lowest BCUT2D eigenvalue weighted by Crippen LogP contribution is -2.30. The molecule has 0 bridgehead atoms. The zero-order valence-electron chi connectivity index (χ0n) is 17.2. The number of aryl methyl sites for hydroxylation is 1. The Morgan fingerprint density at radius 3 is 2.73 bits per heavy atom. The van der Waals surface area contributed by atoms with Crippen molar-refractivity contribution in [3.05, 3.63) is 64.5 Å². The number of ketones is 1. The van der Waals surface area contributed by atoms with Crippen LogP contribution in [0, 0.1) is 6.92 Å². The minimum absolute atomic E-state index is 0.100.